The van der Waals surface area contributed by atoms with Gasteiger partial charge in [0.1, 0.15) is 19.3 Å². The summed E-state index contributed by atoms with van der Waals surface area (Å²) >= 11 is 0. The van der Waals surface area contributed by atoms with Crippen molar-refractivity contribution < 1.29 is 24.2 Å². The van der Waals surface area contributed by atoms with Gasteiger partial charge in [0.15, 0.2) is 0 Å². The maximum Gasteiger partial charge on any atom is 0.417 e. The molecule has 31 heavy (non-hydrogen) atoms. The SMILES string of the molecule is CC(C)O[C@@H](Cc1cccc(C#CCO)c1)C(=O)N1C(=O)OC[C@@H]1Cc1ccccc1. The average molecular weight is 421 g/mol. The molecule has 1 heterocycles. The van der Waals surface area contributed by atoms with Crippen LogP contribution in [0.1, 0.15) is 30.5 Å². The zero-order chi connectivity index (χ0) is 22.2. The summed E-state index contributed by atoms with van der Waals surface area (Å²) in [5.41, 5.74) is 2.63. The van der Waals surface area contributed by atoms with Crippen LogP contribution in [0.15, 0.2) is 54.6 Å². The minimum atomic E-state index is -0.829. The van der Waals surface area contributed by atoms with Crippen LogP contribution in [0, 0.1) is 11.8 Å². The quantitative estimate of drug-likeness (QED) is 0.696. The van der Waals surface area contributed by atoms with Crippen LogP contribution in [-0.2, 0) is 27.1 Å². The predicted octanol–water partition coefficient (Wildman–Crippen LogP) is 2.96. The van der Waals surface area contributed by atoms with Crippen LogP contribution < -0.4 is 0 Å². The topological polar surface area (TPSA) is 76.1 Å². The molecule has 162 valence electrons. The zero-order valence-electron chi connectivity index (χ0n) is 17.8. The van der Waals surface area contributed by atoms with E-state index in [1.807, 2.05) is 68.4 Å². The van der Waals surface area contributed by atoms with E-state index in [9.17, 15) is 9.59 Å². The summed E-state index contributed by atoms with van der Waals surface area (Å²) in [5.74, 6) is 5.08. The normalized spacial score (nSPS) is 16.6. The Morgan fingerprint density at radius 3 is 2.65 bits per heavy atom. The smallest absolute Gasteiger partial charge is 0.417 e. The van der Waals surface area contributed by atoms with Crippen molar-refractivity contribution in [1.29, 1.82) is 0 Å². The van der Waals surface area contributed by atoms with Gasteiger partial charge < -0.3 is 14.6 Å². The Hall–Kier alpha value is -3.14. The van der Waals surface area contributed by atoms with E-state index in [1.165, 1.54) is 4.90 Å². The third kappa shape index (κ3) is 6.17. The van der Waals surface area contributed by atoms with Crippen molar-refractivity contribution in [3.8, 4) is 11.8 Å². The lowest BCUT2D eigenvalue weighted by Crippen LogP contribution is -2.47. The first-order chi connectivity index (χ1) is 15.0. The Balaban J connectivity index is 1.80. The summed E-state index contributed by atoms with van der Waals surface area (Å²) < 4.78 is 11.1. The fourth-order valence-electron chi connectivity index (χ4n) is 3.58. The Kier molecular flexibility index (Phi) is 7.82. The van der Waals surface area contributed by atoms with Gasteiger partial charge >= 0.3 is 6.09 Å². The van der Waals surface area contributed by atoms with Crippen molar-refractivity contribution in [2.45, 2.75) is 44.9 Å². The van der Waals surface area contributed by atoms with Crippen LogP contribution in [0.3, 0.4) is 0 Å². The third-order valence-corrected chi connectivity index (χ3v) is 4.88. The minimum Gasteiger partial charge on any atom is -0.447 e. The first kappa shape index (κ1) is 22.5. The molecule has 0 unspecified atom stereocenters. The van der Waals surface area contributed by atoms with Crippen molar-refractivity contribution in [3.05, 3.63) is 71.3 Å². The van der Waals surface area contributed by atoms with Gasteiger partial charge in [-0.2, -0.15) is 0 Å². The number of aliphatic hydroxyl groups excluding tert-OH is 1. The van der Waals surface area contributed by atoms with E-state index in [0.717, 1.165) is 16.7 Å². The predicted molar refractivity (Wildman–Crippen MR) is 116 cm³/mol. The molecule has 1 fully saturated rings. The number of ether oxygens (including phenoxy) is 2. The minimum absolute atomic E-state index is 0.167. The second-order valence-electron chi connectivity index (χ2n) is 7.67. The van der Waals surface area contributed by atoms with Crippen LogP contribution in [0.25, 0.3) is 0 Å². The lowest BCUT2D eigenvalue weighted by molar-refractivity contribution is -0.144. The Morgan fingerprint density at radius 1 is 1.19 bits per heavy atom. The number of cyclic esters (lactones) is 1. The van der Waals surface area contributed by atoms with Crippen molar-refractivity contribution in [1.82, 2.24) is 4.90 Å². The number of imide groups is 1. The Labute approximate surface area is 182 Å². The van der Waals surface area contributed by atoms with E-state index < -0.39 is 18.1 Å². The maximum atomic E-state index is 13.4. The molecule has 2 amide bonds. The fourth-order valence-corrected chi connectivity index (χ4v) is 3.58. The number of benzene rings is 2. The van der Waals surface area contributed by atoms with Gasteiger partial charge in [0, 0.05) is 12.0 Å². The summed E-state index contributed by atoms with van der Waals surface area (Å²) in [6.07, 6.45) is -0.833. The molecule has 0 saturated carbocycles. The number of rotatable bonds is 7. The van der Waals surface area contributed by atoms with Crippen LogP contribution >= 0.6 is 0 Å². The maximum absolute atomic E-state index is 13.4. The summed E-state index contributed by atoms with van der Waals surface area (Å²) in [4.78, 5) is 27.0. The molecular formula is C25H27NO5. The van der Waals surface area contributed by atoms with Crippen molar-refractivity contribution >= 4 is 12.0 Å². The number of hydrogen-bond acceptors (Lipinski definition) is 5. The van der Waals surface area contributed by atoms with E-state index in [4.69, 9.17) is 14.6 Å². The molecule has 1 aliphatic rings. The third-order valence-electron chi connectivity index (χ3n) is 4.88. The molecule has 1 N–H and O–H groups in total. The molecule has 0 aromatic heterocycles. The molecule has 0 aliphatic carbocycles. The molecule has 1 saturated heterocycles. The van der Waals surface area contributed by atoms with E-state index >= 15 is 0 Å². The Bertz CT molecular complexity index is 961. The van der Waals surface area contributed by atoms with Crippen LogP contribution in [-0.4, -0.2) is 53.5 Å². The summed E-state index contributed by atoms with van der Waals surface area (Å²) in [7, 11) is 0. The highest BCUT2D eigenvalue weighted by Crippen LogP contribution is 2.21. The monoisotopic (exact) mass is 421 g/mol. The molecule has 2 aromatic carbocycles. The summed E-state index contributed by atoms with van der Waals surface area (Å²) in [5, 5.41) is 8.90. The standard InChI is InChI=1S/C25H27NO5/c1-18(2)31-23(16-21-11-6-10-19(14-21)12-7-13-27)24(28)26-22(17-30-25(26)29)15-20-8-4-3-5-9-20/h3-6,8-11,14,18,22-23,27H,13,15-17H2,1-2H3/t22-,23-/m0/s1. The highest BCUT2D eigenvalue weighted by molar-refractivity contribution is 5.96. The molecule has 3 rings (SSSR count). The first-order valence-electron chi connectivity index (χ1n) is 10.4. The molecule has 0 spiro atoms. The molecular weight excluding hydrogens is 394 g/mol. The first-order valence-corrected chi connectivity index (χ1v) is 10.4. The van der Waals surface area contributed by atoms with Gasteiger partial charge in [0.2, 0.25) is 0 Å². The van der Waals surface area contributed by atoms with Crippen molar-refractivity contribution in [2.75, 3.05) is 13.2 Å². The fraction of sp³-hybridized carbons (Fsp3) is 0.360. The number of amides is 2. The molecule has 0 radical (unpaired) electrons. The van der Waals surface area contributed by atoms with Gasteiger partial charge in [0.05, 0.1) is 12.1 Å². The highest BCUT2D eigenvalue weighted by Gasteiger charge is 2.41. The molecule has 6 nitrogen and oxygen atoms in total. The number of nitrogens with zero attached hydrogens (tertiary/aromatic N) is 1. The second kappa shape index (κ2) is 10.8. The van der Waals surface area contributed by atoms with Gasteiger partial charge in [-0.15, -0.1) is 0 Å². The molecule has 6 heteroatoms. The lowest BCUT2D eigenvalue weighted by Gasteiger charge is -2.26. The van der Waals surface area contributed by atoms with Crippen LogP contribution in [0.2, 0.25) is 0 Å². The zero-order valence-corrected chi connectivity index (χ0v) is 17.8. The lowest BCUT2D eigenvalue weighted by atomic mass is 10.0. The van der Waals surface area contributed by atoms with Crippen molar-refractivity contribution in [3.63, 3.8) is 0 Å². The van der Waals surface area contributed by atoms with Crippen LogP contribution in [0.4, 0.5) is 4.79 Å². The second-order valence-corrected chi connectivity index (χ2v) is 7.67. The van der Waals surface area contributed by atoms with E-state index in [1.54, 1.807) is 0 Å². The van der Waals surface area contributed by atoms with E-state index in [0.29, 0.717) is 12.8 Å². The number of hydrogen-bond donors (Lipinski definition) is 1. The van der Waals surface area contributed by atoms with Crippen LogP contribution in [0.5, 0.6) is 0 Å². The van der Waals surface area contributed by atoms with E-state index in [2.05, 4.69) is 11.8 Å². The van der Waals surface area contributed by atoms with E-state index in [-0.39, 0.29) is 25.4 Å². The largest absolute Gasteiger partial charge is 0.447 e. The number of carbonyl (C=O) groups is 2. The van der Waals surface area contributed by atoms with Gasteiger partial charge in [0.25, 0.3) is 5.91 Å². The Morgan fingerprint density at radius 2 is 1.94 bits per heavy atom. The van der Waals surface area contributed by atoms with Gasteiger partial charge in [-0.3, -0.25) is 4.79 Å². The highest BCUT2D eigenvalue weighted by atomic mass is 16.6. The summed E-state index contributed by atoms with van der Waals surface area (Å²) in [6.45, 7) is 3.65. The summed E-state index contributed by atoms with van der Waals surface area (Å²) in [6, 6.07) is 16.8. The van der Waals surface area contributed by atoms with Gasteiger partial charge in [-0.25, -0.2) is 9.69 Å². The number of aliphatic hydroxyl groups is 1. The molecule has 2 atom stereocenters. The van der Waals surface area contributed by atoms with Crippen molar-refractivity contribution in [2.24, 2.45) is 0 Å². The van der Waals surface area contributed by atoms with Gasteiger partial charge in [-0.05, 0) is 43.5 Å². The number of carbonyl (C=O) groups excluding carboxylic acids is 2. The molecule has 1 aliphatic heterocycles. The van der Waals surface area contributed by atoms with Gasteiger partial charge in [-0.1, -0.05) is 54.3 Å². The molecule has 0 bridgehead atoms. The molecule has 2 aromatic rings. The average Bonchev–Trinajstić information content (AvgIpc) is 3.12.